The Hall–Kier alpha value is -1.67. The van der Waals surface area contributed by atoms with E-state index in [0.717, 1.165) is 19.6 Å². The minimum atomic E-state index is 0.398. The average molecular weight is 205 g/mol. The smallest absolute Gasteiger partial charge is 0.226 e. The van der Waals surface area contributed by atoms with Gasteiger partial charge in [0.15, 0.2) is 0 Å². The Morgan fingerprint density at radius 1 is 1.60 bits per heavy atom. The molecular formula is C10H15N5. The molecule has 0 radical (unpaired) electrons. The van der Waals surface area contributed by atoms with Gasteiger partial charge in [-0.25, -0.2) is 9.97 Å². The molecule has 0 unspecified atom stereocenters. The van der Waals surface area contributed by atoms with Crippen LogP contribution in [0.1, 0.15) is 12.6 Å². The molecule has 0 spiro atoms. The van der Waals surface area contributed by atoms with Gasteiger partial charge in [-0.3, -0.25) is 0 Å². The van der Waals surface area contributed by atoms with E-state index in [1.54, 1.807) is 12.3 Å². The molecular weight excluding hydrogens is 190 g/mol. The number of hydrogen-bond acceptors (Lipinski definition) is 5. The first-order valence-corrected chi connectivity index (χ1v) is 4.93. The van der Waals surface area contributed by atoms with Gasteiger partial charge in [0.1, 0.15) is 11.8 Å². The Morgan fingerprint density at radius 2 is 2.40 bits per heavy atom. The first-order chi connectivity index (χ1) is 7.27. The Kier molecular flexibility index (Phi) is 4.51. The number of hydrogen-bond donors (Lipinski definition) is 1. The number of nitrogens with one attached hydrogen (secondary N) is 1. The van der Waals surface area contributed by atoms with Crippen LogP contribution in [-0.2, 0) is 0 Å². The van der Waals surface area contributed by atoms with Crippen molar-refractivity contribution in [3.8, 4) is 6.07 Å². The van der Waals surface area contributed by atoms with Crippen LogP contribution >= 0.6 is 0 Å². The van der Waals surface area contributed by atoms with E-state index in [1.807, 2.05) is 18.0 Å². The van der Waals surface area contributed by atoms with Gasteiger partial charge in [0.05, 0.1) is 0 Å². The van der Waals surface area contributed by atoms with E-state index in [9.17, 15) is 0 Å². The largest absolute Gasteiger partial charge is 0.343 e. The average Bonchev–Trinajstić information content (AvgIpc) is 2.29. The second kappa shape index (κ2) is 5.94. The lowest BCUT2D eigenvalue weighted by Gasteiger charge is -2.16. The number of anilines is 1. The van der Waals surface area contributed by atoms with Gasteiger partial charge in [-0.1, -0.05) is 6.92 Å². The van der Waals surface area contributed by atoms with Crippen molar-refractivity contribution in [3.63, 3.8) is 0 Å². The van der Waals surface area contributed by atoms with E-state index in [0.29, 0.717) is 11.6 Å². The quantitative estimate of drug-likeness (QED) is 0.705. The van der Waals surface area contributed by atoms with E-state index in [2.05, 4.69) is 22.2 Å². The van der Waals surface area contributed by atoms with Crippen molar-refractivity contribution in [1.29, 1.82) is 5.26 Å². The number of likely N-dealkylation sites (N-methyl/N-ethyl adjacent to an activating group) is 2. The van der Waals surface area contributed by atoms with Crippen LogP contribution in [0, 0.1) is 11.3 Å². The number of rotatable bonds is 5. The minimum absolute atomic E-state index is 0.398. The number of nitrogens with zero attached hydrogens (tertiary/aromatic N) is 4. The Balaban J connectivity index is 2.57. The molecule has 1 N–H and O–H groups in total. The second-order valence-corrected chi connectivity index (χ2v) is 3.13. The van der Waals surface area contributed by atoms with Crippen LogP contribution in [0.5, 0.6) is 0 Å². The van der Waals surface area contributed by atoms with Crippen LogP contribution in [0.15, 0.2) is 12.3 Å². The van der Waals surface area contributed by atoms with Crippen LogP contribution in [0.3, 0.4) is 0 Å². The molecule has 0 aliphatic heterocycles. The molecule has 1 aromatic heterocycles. The highest BCUT2D eigenvalue weighted by Gasteiger charge is 2.03. The summed E-state index contributed by atoms with van der Waals surface area (Å²) in [6, 6.07) is 3.59. The van der Waals surface area contributed by atoms with Gasteiger partial charge in [-0.05, 0) is 12.6 Å². The molecule has 0 bridgehead atoms. The normalized spacial score (nSPS) is 9.67. The molecule has 1 aromatic rings. The summed E-state index contributed by atoms with van der Waals surface area (Å²) in [5.74, 6) is 0.590. The fourth-order valence-electron chi connectivity index (χ4n) is 1.12. The van der Waals surface area contributed by atoms with Crippen LogP contribution < -0.4 is 10.2 Å². The van der Waals surface area contributed by atoms with Crippen LogP contribution in [0.2, 0.25) is 0 Å². The summed E-state index contributed by atoms with van der Waals surface area (Å²) < 4.78 is 0. The topological polar surface area (TPSA) is 64.8 Å². The molecule has 0 saturated carbocycles. The fourth-order valence-corrected chi connectivity index (χ4v) is 1.12. The molecule has 80 valence electrons. The predicted octanol–water partition coefficient (Wildman–Crippen LogP) is 0.394. The zero-order valence-electron chi connectivity index (χ0n) is 9.06. The zero-order valence-corrected chi connectivity index (χ0v) is 9.06. The molecule has 0 aliphatic carbocycles. The van der Waals surface area contributed by atoms with Crippen molar-refractivity contribution in [2.24, 2.45) is 0 Å². The highest BCUT2D eigenvalue weighted by molar-refractivity contribution is 5.32. The van der Waals surface area contributed by atoms with Crippen molar-refractivity contribution in [2.75, 3.05) is 31.6 Å². The summed E-state index contributed by atoms with van der Waals surface area (Å²) in [7, 11) is 1.91. The third-order valence-electron chi connectivity index (χ3n) is 1.97. The maximum atomic E-state index is 8.69. The van der Waals surface area contributed by atoms with Crippen molar-refractivity contribution in [1.82, 2.24) is 15.3 Å². The molecule has 5 heteroatoms. The number of nitriles is 1. The molecule has 1 heterocycles. The van der Waals surface area contributed by atoms with Crippen LogP contribution in [-0.4, -0.2) is 36.6 Å². The minimum Gasteiger partial charge on any atom is -0.343 e. The number of aromatic nitrogens is 2. The molecule has 0 aromatic carbocycles. The summed E-state index contributed by atoms with van der Waals surface area (Å²) >= 11 is 0. The van der Waals surface area contributed by atoms with E-state index < -0.39 is 0 Å². The van der Waals surface area contributed by atoms with Crippen molar-refractivity contribution in [3.05, 3.63) is 18.0 Å². The second-order valence-electron chi connectivity index (χ2n) is 3.13. The highest BCUT2D eigenvalue weighted by Crippen LogP contribution is 2.03. The first kappa shape index (κ1) is 11.4. The van der Waals surface area contributed by atoms with Gasteiger partial charge >= 0.3 is 0 Å². The molecule has 0 saturated heterocycles. The molecule has 0 atom stereocenters. The highest BCUT2D eigenvalue weighted by atomic mass is 15.2. The van der Waals surface area contributed by atoms with E-state index in [1.165, 1.54) is 0 Å². The molecule has 0 amide bonds. The lowest BCUT2D eigenvalue weighted by molar-refractivity contribution is 0.698. The van der Waals surface area contributed by atoms with Gasteiger partial charge in [-0.15, -0.1) is 0 Å². The molecule has 1 rings (SSSR count). The lowest BCUT2D eigenvalue weighted by Crippen LogP contribution is -2.30. The first-order valence-electron chi connectivity index (χ1n) is 4.93. The third kappa shape index (κ3) is 3.52. The summed E-state index contributed by atoms with van der Waals surface area (Å²) in [4.78, 5) is 10.1. The predicted molar refractivity (Wildman–Crippen MR) is 58.6 cm³/mol. The summed E-state index contributed by atoms with van der Waals surface area (Å²) in [6.07, 6.45) is 1.60. The van der Waals surface area contributed by atoms with Crippen molar-refractivity contribution < 1.29 is 0 Å². The standard InChI is InChI=1S/C10H15N5/c1-3-12-6-7-15(2)10-13-5-4-9(8-11)14-10/h4-5,12H,3,6-7H2,1-2H3. The van der Waals surface area contributed by atoms with E-state index in [-0.39, 0.29) is 0 Å². The summed E-state index contributed by atoms with van der Waals surface area (Å²) in [6.45, 7) is 4.72. The van der Waals surface area contributed by atoms with Gasteiger partial charge in [0, 0.05) is 26.3 Å². The molecule has 15 heavy (non-hydrogen) atoms. The van der Waals surface area contributed by atoms with Gasteiger partial charge in [0.2, 0.25) is 5.95 Å². The fraction of sp³-hybridized carbons (Fsp3) is 0.500. The Labute approximate surface area is 89.8 Å². The van der Waals surface area contributed by atoms with Crippen molar-refractivity contribution >= 4 is 5.95 Å². The third-order valence-corrected chi connectivity index (χ3v) is 1.97. The maximum absolute atomic E-state index is 8.69. The SMILES string of the molecule is CCNCCN(C)c1nccc(C#N)n1. The van der Waals surface area contributed by atoms with Gasteiger partial charge in [-0.2, -0.15) is 5.26 Å². The van der Waals surface area contributed by atoms with Crippen LogP contribution in [0.4, 0.5) is 5.95 Å². The molecule has 0 fully saturated rings. The van der Waals surface area contributed by atoms with Gasteiger partial charge in [0.25, 0.3) is 0 Å². The molecule has 0 aliphatic rings. The van der Waals surface area contributed by atoms with Gasteiger partial charge < -0.3 is 10.2 Å². The molecule has 5 nitrogen and oxygen atoms in total. The Morgan fingerprint density at radius 3 is 3.07 bits per heavy atom. The monoisotopic (exact) mass is 205 g/mol. The summed E-state index contributed by atoms with van der Waals surface area (Å²) in [5.41, 5.74) is 0.398. The maximum Gasteiger partial charge on any atom is 0.226 e. The van der Waals surface area contributed by atoms with Crippen LogP contribution in [0.25, 0.3) is 0 Å². The summed E-state index contributed by atoms with van der Waals surface area (Å²) in [5, 5.41) is 11.9. The lowest BCUT2D eigenvalue weighted by atomic mass is 10.4. The van der Waals surface area contributed by atoms with E-state index in [4.69, 9.17) is 5.26 Å². The van der Waals surface area contributed by atoms with Crippen molar-refractivity contribution in [2.45, 2.75) is 6.92 Å². The zero-order chi connectivity index (χ0) is 11.1. The van der Waals surface area contributed by atoms with E-state index >= 15 is 0 Å². The Bertz CT molecular complexity index is 344.